The second-order valence-electron chi connectivity index (χ2n) is 3.66. The number of benzene rings is 1. The Morgan fingerprint density at radius 2 is 2.37 bits per heavy atom. The molecule has 2 rings (SSSR count). The molecule has 0 fully saturated rings. The molecule has 0 aliphatic rings. The number of nitrogen functional groups attached to an aromatic ring is 1. The molecule has 8 nitrogen and oxygen atoms in total. The van der Waals surface area contributed by atoms with Crippen molar-refractivity contribution in [2.45, 2.75) is 13.5 Å². The van der Waals surface area contributed by atoms with Gasteiger partial charge in [0.2, 0.25) is 0 Å². The number of nitrogens with zero attached hydrogens (tertiary/aromatic N) is 3. The number of anilines is 1. The van der Waals surface area contributed by atoms with Crippen molar-refractivity contribution in [2.75, 3.05) is 5.43 Å². The summed E-state index contributed by atoms with van der Waals surface area (Å²) >= 11 is 1.09. The lowest BCUT2D eigenvalue weighted by atomic mass is 10.2. The van der Waals surface area contributed by atoms with Crippen molar-refractivity contribution in [1.29, 1.82) is 0 Å². The largest absolute Gasteiger partial charge is 0.480 e. The maximum atomic E-state index is 11.0. The van der Waals surface area contributed by atoms with Gasteiger partial charge in [-0.25, -0.2) is 5.84 Å². The first-order valence-corrected chi connectivity index (χ1v) is 6.05. The van der Waals surface area contributed by atoms with Gasteiger partial charge < -0.3 is 10.2 Å². The Kier molecular flexibility index (Phi) is 3.88. The van der Waals surface area contributed by atoms with Gasteiger partial charge >= 0.3 is 5.69 Å². The highest BCUT2D eigenvalue weighted by atomic mass is 32.1. The first-order valence-electron chi connectivity index (χ1n) is 5.28. The molecule has 1 aromatic heterocycles. The lowest BCUT2D eigenvalue weighted by Crippen LogP contribution is -2.09. The molecule has 0 aliphatic heterocycles. The molecule has 0 unspecified atom stereocenters. The molecule has 0 spiro atoms. The number of hydrazine groups is 1. The number of nitro groups is 1. The zero-order valence-corrected chi connectivity index (χ0v) is 10.8. The summed E-state index contributed by atoms with van der Waals surface area (Å²) in [5.74, 6) is 5.48. The van der Waals surface area contributed by atoms with Crippen LogP contribution in [0.3, 0.4) is 0 Å². The number of aromatic nitrogens is 2. The summed E-state index contributed by atoms with van der Waals surface area (Å²) in [4.78, 5) is 10.5. The Hall–Kier alpha value is -2.26. The smallest absolute Gasteiger partial charge is 0.313 e. The third kappa shape index (κ3) is 2.77. The van der Waals surface area contributed by atoms with Crippen molar-refractivity contribution in [3.05, 3.63) is 39.6 Å². The molecule has 0 saturated carbocycles. The molecule has 0 radical (unpaired) electrons. The van der Waals surface area contributed by atoms with Gasteiger partial charge in [0.15, 0.2) is 10.8 Å². The summed E-state index contributed by atoms with van der Waals surface area (Å²) in [5.41, 5.74) is 3.43. The molecule has 0 aliphatic carbocycles. The fourth-order valence-corrected chi connectivity index (χ4v) is 2.02. The van der Waals surface area contributed by atoms with E-state index >= 15 is 0 Å². The molecule has 19 heavy (non-hydrogen) atoms. The summed E-state index contributed by atoms with van der Waals surface area (Å²) in [6, 6.07) is 4.89. The number of nitrogens with two attached hydrogens (primary N) is 1. The van der Waals surface area contributed by atoms with Gasteiger partial charge in [0.1, 0.15) is 12.3 Å². The molecule has 1 aromatic carbocycles. The highest BCUT2D eigenvalue weighted by Crippen LogP contribution is 2.31. The van der Waals surface area contributed by atoms with E-state index in [0.29, 0.717) is 16.3 Å². The van der Waals surface area contributed by atoms with Crippen LogP contribution in [0, 0.1) is 17.0 Å². The average Bonchev–Trinajstić information content (AvgIpc) is 2.83. The Bertz CT molecular complexity index is 601. The number of nitrogens with one attached hydrogen (secondary N) is 1. The van der Waals surface area contributed by atoms with Crippen LogP contribution in [0.1, 0.15) is 11.3 Å². The van der Waals surface area contributed by atoms with Crippen molar-refractivity contribution >= 4 is 22.2 Å². The SMILES string of the molecule is Cc1cccc(OCc2nnsc2NN)c1[N+](=O)[O-]. The Balaban J connectivity index is 2.20. The topological polar surface area (TPSA) is 116 Å². The van der Waals surface area contributed by atoms with Crippen LogP contribution in [0.15, 0.2) is 18.2 Å². The summed E-state index contributed by atoms with van der Waals surface area (Å²) in [5, 5.41) is 15.4. The number of aryl methyl sites for hydroxylation is 1. The van der Waals surface area contributed by atoms with Crippen LogP contribution in [0.2, 0.25) is 0 Å². The maximum Gasteiger partial charge on any atom is 0.313 e. The lowest BCUT2D eigenvalue weighted by Gasteiger charge is -2.07. The van der Waals surface area contributed by atoms with Crippen LogP contribution in [-0.2, 0) is 6.61 Å². The number of hydrogen-bond donors (Lipinski definition) is 2. The Labute approximate surface area is 112 Å². The van der Waals surface area contributed by atoms with E-state index in [9.17, 15) is 10.1 Å². The fraction of sp³-hybridized carbons (Fsp3) is 0.200. The van der Waals surface area contributed by atoms with Crippen molar-refractivity contribution in [1.82, 2.24) is 9.59 Å². The molecule has 0 saturated heterocycles. The quantitative estimate of drug-likeness (QED) is 0.486. The van der Waals surface area contributed by atoms with Crippen molar-refractivity contribution < 1.29 is 9.66 Å². The highest BCUT2D eigenvalue weighted by molar-refractivity contribution is 7.10. The first-order chi connectivity index (χ1) is 9.13. The summed E-state index contributed by atoms with van der Waals surface area (Å²) in [6.07, 6.45) is 0. The van der Waals surface area contributed by atoms with E-state index in [0.717, 1.165) is 11.5 Å². The van der Waals surface area contributed by atoms with Gasteiger partial charge in [-0.3, -0.25) is 10.1 Å². The molecule has 9 heteroatoms. The monoisotopic (exact) mass is 281 g/mol. The number of hydrogen-bond acceptors (Lipinski definition) is 8. The normalized spacial score (nSPS) is 10.2. The van der Waals surface area contributed by atoms with Gasteiger partial charge in [0.25, 0.3) is 0 Å². The summed E-state index contributed by atoms with van der Waals surface area (Å²) in [6.45, 7) is 1.71. The van der Waals surface area contributed by atoms with E-state index in [-0.39, 0.29) is 18.0 Å². The van der Waals surface area contributed by atoms with E-state index in [1.807, 2.05) is 0 Å². The minimum absolute atomic E-state index is 0.0482. The van der Waals surface area contributed by atoms with Crippen LogP contribution in [0.25, 0.3) is 0 Å². The summed E-state index contributed by atoms with van der Waals surface area (Å²) < 4.78 is 9.15. The Morgan fingerprint density at radius 1 is 1.58 bits per heavy atom. The number of rotatable bonds is 5. The van der Waals surface area contributed by atoms with Crippen LogP contribution in [0.5, 0.6) is 5.75 Å². The van der Waals surface area contributed by atoms with Crippen molar-refractivity contribution in [3.8, 4) is 5.75 Å². The molecule has 100 valence electrons. The van der Waals surface area contributed by atoms with Gasteiger partial charge in [-0.1, -0.05) is 16.6 Å². The number of nitro benzene ring substituents is 1. The first kappa shape index (κ1) is 13.2. The number of ether oxygens (including phenoxy) is 1. The van der Waals surface area contributed by atoms with Crippen LogP contribution in [-0.4, -0.2) is 14.5 Å². The van der Waals surface area contributed by atoms with Crippen LogP contribution < -0.4 is 16.0 Å². The molecule has 1 heterocycles. The average molecular weight is 281 g/mol. The van der Waals surface area contributed by atoms with E-state index in [1.165, 1.54) is 0 Å². The van der Waals surface area contributed by atoms with Crippen LogP contribution in [0.4, 0.5) is 10.7 Å². The molecule has 2 aromatic rings. The maximum absolute atomic E-state index is 11.0. The van der Waals surface area contributed by atoms with Crippen LogP contribution >= 0.6 is 11.5 Å². The molecule has 3 N–H and O–H groups in total. The summed E-state index contributed by atoms with van der Waals surface area (Å²) in [7, 11) is 0. The predicted molar refractivity (Wildman–Crippen MR) is 69.9 cm³/mol. The molecule has 0 atom stereocenters. The van der Waals surface area contributed by atoms with E-state index < -0.39 is 4.92 Å². The van der Waals surface area contributed by atoms with Gasteiger partial charge in [-0.05, 0) is 13.0 Å². The standard InChI is InChI=1S/C10H11N5O3S/c1-6-3-2-4-8(9(6)15(16)17)18-5-7-10(12-11)19-14-13-7/h2-4,12H,5,11H2,1H3. The highest BCUT2D eigenvalue weighted by Gasteiger charge is 2.19. The molecular formula is C10H11N5O3S. The van der Waals surface area contributed by atoms with Gasteiger partial charge in [-0.2, -0.15) is 0 Å². The predicted octanol–water partition coefficient (Wildman–Crippen LogP) is 1.62. The third-order valence-corrected chi connectivity index (χ3v) is 3.13. The van der Waals surface area contributed by atoms with E-state index in [4.69, 9.17) is 10.6 Å². The molecular weight excluding hydrogens is 270 g/mol. The Morgan fingerprint density at radius 3 is 3.05 bits per heavy atom. The van der Waals surface area contributed by atoms with Crippen molar-refractivity contribution in [3.63, 3.8) is 0 Å². The van der Waals surface area contributed by atoms with Gasteiger partial charge in [0.05, 0.1) is 4.92 Å². The molecule has 0 amide bonds. The van der Waals surface area contributed by atoms with Crippen molar-refractivity contribution in [2.24, 2.45) is 5.84 Å². The zero-order valence-electron chi connectivity index (χ0n) is 9.99. The van der Waals surface area contributed by atoms with E-state index in [2.05, 4.69) is 15.0 Å². The third-order valence-electron chi connectivity index (χ3n) is 2.43. The minimum Gasteiger partial charge on any atom is -0.480 e. The fourth-order valence-electron chi connectivity index (χ4n) is 1.54. The second kappa shape index (κ2) is 5.59. The zero-order chi connectivity index (χ0) is 13.8. The van der Waals surface area contributed by atoms with E-state index in [1.54, 1.807) is 25.1 Å². The molecule has 0 bridgehead atoms. The lowest BCUT2D eigenvalue weighted by molar-refractivity contribution is -0.386. The van der Waals surface area contributed by atoms with Gasteiger partial charge in [0, 0.05) is 17.1 Å². The second-order valence-corrected chi connectivity index (χ2v) is 4.41. The minimum atomic E-state index is -0.466. The van der Waals surface area contributed by atoms with Gasteiger partial charge in [-0.15, -0.1) is 5.10 Å². The number of para-hydroxylation sites is 1.